The fourth-order valence-electron chi connectivity index (χ4n) is 3.57. The number of nitrogens with one attached hydrogen (secondary N) is 2. The first-order chi connectivity index (χ1) is 12.5. The van der Waals surface area contributed by atoms with E-state index in [1.54, 1.807) is 0 Å². The number of aromatic nitrogens is 3. The van der Waals surface area contributed by atoms with Gasteiger partial charge in [-0.05, 0) is 52.7 Å². The second-order valence-electron chi connectivity index (χ2n) is 7.14. The summed E-state index contributed by atoms with van der Waals surface area (Å²) in [4.78, 5) is 27.7. The van der Waals surface area contributed by atoms with E-state index in [1.807, 2.05) is 13.8 Å². The van der Waals surface area contributed by atoms with Crippen LogP contribution in [0.15, 0.2) is 11.0 Å². The zero-order valence-corrected chi connectivity index (χ0v) is 15.4. The van der Waals surface area contributed by atoms with E-state index < -0.39 is 11.5 Å². The van der Waals surface area contributed by atoms with Crippen molar-refractivity contribution < 1.29 is 9.90 Å². The number of hydrogen-bond acceptors (Lipinski definition) is 5. The quantitative estimate of drug-likeness (QED) is 0.494. The molecule has 0 aromatic carbocycles. The van der Waals surface area contributed by atoms with Gasteiger partial charge >= 0.3 is 51.4 Å². The molecule has 2 aromatic rings. The van der Waals surface area contributed by atoms with E-state index in [0.717, 1.165) is 26.1 Å². The topological polar surface area (TPSA) is 103 Å². The Morgan fingerprint density at radius 3 is 2.70 bits per heavy atom. The second kappa shape index (κ2) is 10.2. The molecular formula is C18H28KN5O3. The summed E-state index contributed by atoms with van der Waals surface area (Å²) in [6.45, 7) is 7.33. The van der Waals surface area contributed by atoms with Gasteiger partial charge in [0, 0.05) is 12.6 Å². The molecule has 0 aliphatic carbocycles. The van der Waals surface area contributed by atoms with Crippen LogP contribution in [0.5, 0.6) is 5.75 Å². The second-order valence-corrected chi connectivity index (χ2v) is 7.14. The standard InChI is InChI=1S/C18H27N5O3.K.H/c1-12(2)23-16-13(11-20-21-16)15(24)14(18(23)26)17(25)19-7-6-10-22-8-4-3-5-9-22;;/h11-12,24H,3-10H2,1-2H3,(H,19,25)(H,20,21);;. The Morgan fingerprint density at radius 1 is 1.33 bits per heavy atom. The molecule has 27 heavy (non-hydrogen) atoms. The minimum absolute atomic E-state index is 0. The number of H-pyrrole nitrogens is 1. The SMILES string of the molecule is CC(C)n1c(=O)c(C(=O)NCCCN2CCCCC2)c(O)c2cn[nH]c21.[KH]. The first-order valence-corrected chi connectivity index (χ1v) is 9.31. The fraction of sp³-hybridized carbons (Fsp3) is 0.611. The van der Waals surface area contributed by atoms with Crippen LogP contribution in [0, 0.1) is 0 Å². The maximum absolute atomic E-state index is 12.8. The summed E-state index contributed by atoms with van der Waals surface area (Å²) in [6.07, 6.45) is 6.01. The minimum atomic E-state index is -0.538. The van der Waals surface area contributed by atoms with Crippen molar-refractivity contribution in [1.29, 1.82) is 0 Å². The Labute approximate surface area is 201 Å². The molecule has 1 aliphatic rings. The number of nitrogens with zero attached hydrogens (tertiary/aromatic N) is 3. The van der Waals surface area contributed by atoms with E-state index in [-0.39, 0.29) is 68.7 Å². The van der Waals surface area contributed by atoms with Crippen molar-refractivity contribution in [3.05, 3.63) is 22.1 Å². The summed E-state index contributed by atoms with van der Waals surface area (Å²) in [6, 6.07) is -0.170. The molecule has 0 atom stereocenters. The summed E-state index contributed by atoms with van der Waals surface area (Å²) in [7, 11) is 0. The Hall–Kier alpha value is -0.714. The maximum atomic E-state index is 12.8. The van der Waals surface area contributed by atoms with Crippen LogP contribution in [0.1, 0.15) is 55.9 Å². The van der Waals surface area contributed by atoms with Crippen LogP contribution in [0.2, 0.25) is 0 Å². The summed E-state index contributed by atoms with van der Waals surface area (Å²) in [5.74, 6) is -0.854. The molecule has 1 saturated heterocycles. The zero-order chi connectivity index (χ0) is 18.7. The Balaban J connectivity index is 0.00000261. The van der Waals surface area contributed by atoms with Crippen molar-refractivity contribution in [2.45, 2.75) is 45.6 Å². The average molecular weight is 402 g/mol. The third kappa shape index (κ3) is 5.02. The van der Waals surface area contributed by atoms with Gasteiger partial charge < -0.3 is 15.3 Å². The van der Waals surface area contributed by atoms with E-state index in [0.29, 0.717) is 17.6 Å². The molecule has 0 saturated carbocycles. The van der Waals surface area contributed by atoms with Gasteiger partial charge in [0.1, 0.15) is 17.0 Å². The number of hydrogen-bond donors (Lipinski definition) is 3. The molecular weight excluding hydrogens is 373 g/mol. The van der Waals surface area contributed by atoms with Gasteiger partial charge in [-0.2, -0.15) is 5.10 Å². The third-order valence-electron chi connectivity index (χ3n) is 4.91. The number of aromatic hydroxyl groups is 1. The van der Waals surface area contributed by atoms with Gasteiger partial charge in [-0.25, -0.2) is 0 Å². The van der Waals surface area contributed by atoms with Crippen molar-refractivity contribution in [2.75, 3.05) is 26.2 Å². The van der Waals surface area contributed by atoms with E-state index in [4.69, 9.17) is 0 Å². The van der Waals surface area contributed by atoms with Gasteiger partial charge in [-0.15, -0.1) is 0 Å². The number of likely N-dealkylation sites (tertiary alicyclic amines) is 1. The van der Waals surface area contributed by atoms with Gasteiger partial charge in [-0.3, -0.25) is 19.3 Å². The van der Waals surface area contributed by atoms with Crippen LogP contribution in [-0.4, -0.2) is 108 Å². The van der Waals surface area contributed by atoms with Gasteiger partial charge in [0.15, 0.2) is 0 Å². The summed E-state index contributed by atoms with van der Waals surface area (Å²) >= 11 is 0. The molecule has 144 valence electrons. The molecule has 3 N–H and O–H groups in total. The van der Waals surface area contributed by atoms with Crippen LogP contribution >= 0.6 is 0 Å². The molecule has 0 spiro atoms. The van der Waals surface area contributed by atoms with Crippen molar-refractivity contribution in [1.82, 2.24) is 25.0 Å². The molecule has 8 nitrogen and oxygen atoms in total. The number of carbonyl (C=O) groups excluding carboxylic acids is 1. The molecule has 3 heterocycles. The van der Waals surface area contributed by atoms with Crippen molar-refractivity contribution in [3.63, 3.8) is 0 Å². The third-order valence-corrected chi connectivity index (χ3v) is 4.91. The number of aromatic amines is 1. The molecule has 1 amide bonds. The predicted molar refractivity (Wildman–Crippen MR) is 107 cm³/mol. The summed E-state index contributed by atoms with van der Waals surface area (Å²) < 4.78 is 1.45. The summed E-state index contributed by atoms with van der Waals surface area (Å²) in [5, 5.41) is 20.2. The fourth-order valence-corrected chi connectivity index (χ4v) is 3.57. The van der Waals surface area contributed by atoms with Crippen molar-refractivity contribution in [3.8, 4) is 5.75 Å². The number of carbonyl (C=O) groups is 1. The number of pyridine rings is 1. The van der Waals surface area contributed by atoms with Gasteiger partial charge in [-0.1, -0.05) is 6.42 Å². The predicted octanol–water partition coefficient (Wildman–Crippen LogP) is 0.968. The molecule has 0 bridgehead atoms. The van der Waals surface area contributed by atoms with Crippen LogP contribution in [0.4, 0.5) is 0 Å². The molecule has 9 heteroatoms. The Bertz CT molecular complexity index is 839. The normalized spacial score (nSPS) is 15.1. The first kappa shape index (κ1) is 22.6. The van der Waals surface area contributed by atoms with Gasteiger partial charge in [0.05, 0.1) is 11.6 Å². The van der Waals surface area contributed by atoms with Crippen molar-refractivity contribution >= 4 is 68.3 Å². The van der Waals surface area contributed by atoms with Crippen LogP contribution in [0.3, 0.4) is 0 Å². The molecule has 2 aromatic heterocycles. The van der Waals surface area contributed by atoms with Gasteiger partial charge in [0.2, 0.25) is 0 Å². The average Bonchev–Trinajstić information content (AvgIpc) is 3.09. The number of rotatable bonds is 6. The van der Waals surface area contributed by atoms with Crippen LogP contribution < -0.4 is 10.9 Å². The number of fused-ring (bicyclic) bond motifs is 1. The zero-order valence-electron chi connectivity index (χ0n) is 15.4. The van der Waals surface area contributed by atoms with E-state index in [2.05, 4.69) is 20.4 Å². The first-order valence-electron chi connectivity index (χ1n) is 9.31. The number of piperidine rings is 1. The van der Waals surface area contributed by atoms with Crippen LogP contribution in [0.25, 0.3) is 11.0 Å². The summed E-state index contributed by atoms with van der Waals surface area (Å²) in [5.41, 5.74) is -0.308. The van der Waals surface area contributed by atoms with E-state index >= 15 is 0 Å². The molecule has 0 radical (unpaired) electrons. The Kier molecular flexibility index (Phi) is 8.51. The molecule has 0 unspecified atom stereocenters. The Morgan fingerprint density at radius 2 is 2.04 bits per heavy atom. The molecule has 1 fully saturated rings. The van der Waals surface area contributed by atoms with Gasteiger partial charge in [0.25, 0.3) is 11.5 Å². The van der Waals surface area contributed by atoms with E-state index in [9.17, 15) is 14.7 Å². The van der Waals surface area contributed by atoms with Crippen molar-refractivity contribution in [2.24, 2.45) is 0 Å². The van der Waals surface area contributed by atoms with E-state index in [1.165, 1.54) is 30.0 Å². The molecule has 3 rings (SSSR count). The monoisotopic (exact) mass is 401 g/mol. The van der Waals surface area contributed by atoms with Crippen LogP contribution in [-0.2, 0) is 0 Å². The number of amides is 1. The molecule has 1 aliphatic heterocycles.